The highest BCUT2D eigenvalue weighted by molar-refractivity contribution is 6.32. The van der Waals surface area contributed by atoms with Crippen LogP contribution in [-0.4, -0.2) is 12.5 Å². The molecular formula is C16H16Cl2N2O2. The molecule has 0 fully saturated rings. The van der Waals surface area contributed by atoms with Crippen LogP contribution in [0.25, 0.3) is 0 Å². The second kappa shape index (κ2) is 6.90. The summed E-state index contributed by atoms with van der Waals surface area (Å²) in [6.45, 7) is 3.65. The summed E-state index contributed by atoms with van der Waals surface area (Å²) in [5.74, 6) is 0.290. The number of nitrogens with two attached hydrogens (primary N) is 1. The van der Waals surface area contributed by atoms with Gasteiger partial charge < -0.3 is 15.8 Å². The number of carbonyl (C=O) groups excluding carboxylic acids is 1. The van der Waals surface area contributed by atoms with E-state index in [0.717, 1.165) is 11.1 Å². The van der Waals surface area contributed by atoms with E-state index in [1.165, 1.54) is 0 Å². The number of rotatable bonds is 4. The number of nitrogen functional groups attached to an aromatic ring is 1. The van der Waals surface area contributed by atoms with Crippen molar-refractivity contribution in [2.45, 2.75) is 13.8 Å². The molecule has 0 aliphatic carbocycles. The molecule has 6 heteroatoms. The van der Waals surface area contributed by atoms with E-state index in [-0.39, 0.29) is 12.5 Å². The Labute approximate surface area is 139 Å². The largest absolute Gasteiger partial charge is 0.484 e. The number of anilines is 2. The van der Waals surface area contributed by atoms with E-state index in [9.17, 15) is 4.79 Å². The summed E-state index contributed by atoms with van der Waals surface area (Å²) in [6, 6.07) is 8.45. The summed E-state index contributed by atoms with van der Waals surface area (Å²) in [5, 5.41) is 3.89. The summed E-state index contributed by atoms with van der Waals surface area (Å²) in [4.78, 5) is 11.9. The minimum atomic E-state index is -0.306. The van der Waals surface area contributed by atoms with Crippen molar-refractivity contribution in [3.05, 3.63) is 51.5 Å². The molecule has 0 saturated carbocycles. The standard InChI is InChI=1S/C16H16Cl2N2O2/c1-9-5-12(6-10(2)16(9)18)22-8-15(21)20-14-4-3-11(17)7-13(14)19/h3-7H,8,19H2,1-2H3,(H,20,21). The van der Waals surface area contributed by atoms with Crippen LogP contribution in [0, 0.1) is 13.8 Å². The Bertz CT molecular complexity index is 694. The number of ether oxygens (including phenoxy) is 1. The lowest BCUT2D eigenvalue weighted by Gasteiger charge is -2.11. The molecule has 0 aromatic heterocycles. The number of nitrogens with one attached hydrogen (secondary N) is 1. The summed E-state index contributed by atoms with van der Waals surface area (Å²) in [6.07, 6.45) is 0. The number of amides is 1. The Morgan fingerprint density at radius 3 is 2.41 bits per heavy atom. The van der Waals surface area contributed by atoms with Gasteiger partial charge in [-0.1, -0.05) is 23.2 Å². The van der Waals surface area contributed by atoms with Gasteiger partial charge in [0.1, 0.15) is 5.75 Å². The van der Waals surface area contributed by atoms with E-state index in [0.29, 0.717) is 27.2 Å². The molecule has 22 heavy (non-hydrogen) atoms. The molecule has 0 saturated heterocycles. The number of benzene rings is 2. The molecule has 0 aliphatic heterocycles. The molecule has 3 N–H and O–H groups in total. The van der Waals surface area contributed by atoms with Gasteiger partial charge in [0, 0.05) is 10.0 Å². The monoisotopic (exact) mass is 338 g/mol. The number of hydrogen-bond acceptors (Lipinski definition) is 3. The third-order valence-corrected chi connectivity index (χ3v) is 3.90. The summed E-state index contributed by atoms with van der Waals surface area (Å²) in [5.41, 5.74) is 8.49. The molecule has 1 amide bonds. The number of halogens is 2. The van der Waals surface area contributed by atoms with Gasteiger partial charge in [0.05, 0.1) is 11.4 Å². The normalized spacial score (nSPS) is 10.4. The van der Waals surface area contributed by atoms with Crippen LogP contribution in [0.4, 0.5) is 11.4 Å². The molecule has 0 atom stereocenters. The first-order chi connectivity index (χ1) is 10.4. The Morgan fingerprint density at radius 2 is 1.82 bits per heavy atom. The lowest BCUT2D eigenvalue weighted by molar-refractivity contribution is -0.118. The Hall–Kier alpha value is -1.91. The lowest BCUT2D eigenvalue weighted by Crippen LogP contribution is -2.20. The zero-order valence-corrected chi connectivity index (χ0v) is 13.8. The molecule has 0 radical (unpaired) electrons. The average Bonchev–Trinajstić information content (AvgIpc) is 2.45. The van der Waals surface area contributed by atoms with Crippen molar-refractivity contribution in [3.8, 4) is 5.75 Å². The van der Waals surface area contributed by atoms with E-state index in [2.05, 4.69) is 5.32 Å². The van der Waals surface area contributed by atoms with Gasteiger partial charge in [0.25, 0.3) is 5.91 Å². The van der Waals surface area contributed by atoms with Crippen molar-refractivity contribution < 1.29 is 9.53 Å². The molecule has 0 bridgehead atoms. The van der Waals surface area contributed by atoms with Gasteiger partial charge in [-0.15, -0.1) is 0 Å². The van der Waals surface area contributed by atoms with Crippen LogP contribution in [0.3, 0.4) is 0 Å². The SMILES string of the molecule is Cc1cc(OCC(=O)Nc2ccc(Cl)cc2N)cc(C)c1Cl. The van der Waals surface area contributed by atoms with Crippen molar-refractivity contribution in [1.29, 1.82) is 0 Å². The summed E-state index contributed by atoms with van der Waals surface area (Å²) < 4.78 is 5.48. The highest BCUT2D eigenvalue weighted by Gasteiger charge is 2.08. The van der Waals surface area contributed by atoms with E-state index >= 15 is 0 Å². The Morgan fingerprint density at radius 1 is 1.18 bits per heavy atom. The highest BCUT2D eigenvalue weighted by Crippen LogP contribution is 2.26. The highest BCUT2D eigenvalue weighted by atomic mass is 35.5. The minimum absolute atomic E-state index is 0.122. The van der Waals surface area contributed by atoms with Crippen LogP contribution >= 0.6 is 23.2 Å². The van der Waals surface area contributed by atoms with Gasteiger partial charge in [-0.2, -0.15) is 0 Å². The van der Waals surface area contributed by atoms with Crippen LogP contribution in [0.2, 0.25) is 10.0 Å². The van der Waals surface area contributed by atoms with Crippen molar-refractivity contribution in [3.63, 3.8) is 0 Å². The Balaban J connectivity index is 1.98. The number of carbonyl (C=O) groups is 1. The zero-order chi connectivity index (χ0) is 16.3. The number of aryl methyl sites for hydroxylation is 2. The maximum atomic E-state index is 11.9. The van der Waals surface area contributed by atoms with Gasteiger partial charge in [-0.3, -0.25) is 4.79 Å². The van der Waals surface area contributed by atoms with Gasteiger partial charge >= 0.3 is 0 Å². The predicted octanol–water partition coefficient (Wildman–Crippen LogP) is 4.21. The van der Waals surface area contributed by atoms with Crippen molar-refractivity contribution >= 4 is 40.5 Å². The first-order valence-electron chi connectivity index (χ1n) is 6.61. The van der Waals surface area contributed by atoms with E-state index in [4.69, 9.17) is 33.7 Å². The second-order valence-electron chi connectivity index (χ2n) is 4.94. The van der Waals surface area contributed by atoms with E-state index < -0.39 is 0 Å². The predicted molar refractivity (Wildman–Crippen MR) is 90.9 cm³/mol. The van der Waals surface area contributed by atoms with Gasteiger partial charge in [-0.25, -0.2) is 0 Å². The van der Waals surface area contributed by atoms with Gasteiger partial charge in [0.15, 0.2) is 6.61 Å². The topological polar surface area (TPSA) is 64.3 Å². The third-order valence-electron chi connectivity index (χ3n) is 3.07. The van der Waals surface area contributed by atoms with Crippen molar-refractivity contribution in [2.24, 2.45) is 0 Å². The summed E-state index contributed by atoms with van der Waals surface area (Å²) in [7, 11) is 0. The smallest absolute Gasteiger partial charge is 0.262 e. The van der Waals surface area contributed by atoms with Crippen LogP contribution in [0.5, 0.6) is 5.75 Å². The average molecular weight is 339 g/mol. The lowest BCUT2D eigenvalue weighted by atomic mass is 10.1. The number of hydrogen-bond donors (Lipinski definition) is 2. The minimum Gasteiger partial charge on any atom is -0.484 e. The Kier molecular flexibility index (Phi) is 5.16. The van der Waals surface area contributed by atoms with Gasteiger partial charge in [0.2, 0.25) is 0 Å². The summed E-state index contributed by atoms with van der Waals surface area (Å²) >= 11 is 11.9. The van der Waals surface area contributed by atoms with Crippen LogP contribution in [-0.2, 0) is 4.79 Å². The fourth-order valence-corrected chi connectivity index (χ4v) is 2.26. The molecule has 2 aromatic rings. The van der Waals surface area contributed by atoms with Crippen LogP contribution in [0.1, 0.15) is 11.1 Å². The second-order valence-corrected chi connectivity index (χ2v) is 5.75. The molecule has 0 heterocycles. The van der Waals surface area contributed by atoms with Gasteiger partial charge in [-0.05, 0) is 55.3 Å². The maximum Gasteiger partial charge on any atom is 0.262 e. The molecular weight excluding hydrogens is 323 g/mol. The fraction of sp³-hybridized carbons (Fsp3) is 0.188. The third kappa shape index (κ3) is 4.06. The molecule has 0 unspecified atom stereocenters. The fourth-order valence-electron chi connectivity index (χ4n) is 1.97. The quantitative estimate of drug-likeness (QED) is 0.820. The van der Waals surface area contributed by atoms with Crippen molar-refractivity contribution in [2.75, 3.05) is 17.7 Å². The first kappa shape index (κ1) is 16.5. The molecule has 116 valence electrons. The first-order valence-corrected chi connectivity index (χ1v) is 7.37. The van der Waals surface area contributed by atoms with Crippen molar-refractivity contribution in [1.82, 2.24) is 0 Å². The molecule has 2 rings (SSSR count). The molecule has 4 nitrogen and oxygen atoms in total. The zero-order valence-electron chi connectivity index (χ0n) is 12.2. The molecule has 0 aliphatic rings. The molecule has 0 spiro atoms. The van der Waals surface area contributed by atoms with E-state index in [1.807, 2.05) is 13.8 Å². The van der Waals surface area contributed by atoms with Crippen LogP contribution in [0.15, 0.2) is 30.3 Å². The van der Waals surface area contributed by atoms with Crippen LogP contribution < -0.4 is 15.8 Å². The molecule has 2 aromatic carbocycles. The maximum absolute atomic E-state index is 11.9. The van der Waals surface area contributed by atoms with E-state index in [1.54, 1.807) is 30.3 Å².